The summed E-state index contributed by atoms with van der Waals surface area (Å²) in [6, 6.07) is 2.17. The number of hydrogen-bond donors (Lipinski definition) is 0. The molecule has 0 N–H and O–H groups in total. The van der Waals surface area contributed by atoms with Gasteiger partial charge in [0.15, 0.2) is 0 Å². The molecule has 0 atom stereocenters. The van der Waals surface area contributed by atoms with Crippen molar-refractivity contribution in [3.05, 3.63) is 36.2 Å². The van der Waals surface area contributed by atoms with E-state index in [-0.39, 0.29) is 0 Å². The van der Waals surface area contributed by atoms with Crippen molar-refractivity contribution in [2.45, 2.75) is 33.4 Å². The first kappa shape index (κ1) is 9.96. The van der Waals surface area contributed by atoms with E-state index in [1.807, 2.05) is 12.5 Å². The van der Waals surface area contributed by atoms with Crippen molar-refractivity contribution < 1.29 is 0 Å². The van der Waals surface area contributed by atoms with Crippen LogP contribution in [0.1, 0.15) is 25.2 Å². The van der Waals surface area contributed by atoms with Gasteiger partial charge in [0.05, 0.1) is 24.3 Å². The molecule has 0 aliphatic heterocycles. The summed E-state index contributed by atoms with van der Waals surface area (Å²) in [5.74, 6) is 0. The van der Waals surface area contributed by atoms with Gasteiger partial charge in [0.2, 0.25) is 0 Å². The lowest BCUT2D eigenvalue weighted by Gasteiger charge is -2.04. The standard InChI is InChI=1S/C11H16N4/c1-3-10-7-11(15(4-2)13-10)8-14-6-5-12-9-14/h5-7,9H,3-4,8H2,1-2H3. The number of aromatic nitrogens is 4. The molecule has 0 aliphatic carbocycles. The highest BCUT2D eigenvalue weighted by molar-refractivity contribution is 5.11. The molecule has 0 unspecified atom stereocenters. The second kappa shape index (κ2) is 4.29. The molecule has 2 rings (SSSR count). The third-order valence-electron chi connectivity index (χ3n) is 2.48. The first-order valence-electron chi connectivity index (χ1n) is 5.34. The average molecular weight is 204 g/mol. The fourth-order valence-electron chi connectivity index (χ4n) is 1.66. The van der Waals surface area contributed by atoms with Crippen LogP contribution in [-0.2, 0) is 19.5 Å². The summed E-state index contributed by atoms with van der Waals surface area (Å²) in [4.78, 5) is 4.03. The van der Waals surface area contributed by atoms with Crippen molar-refractivity contribution in [2.24, 2.45) is 0 Å². The summed E-state index contributed by atoms with van der Waals surface area (Å²) in [6.45, 7) is 6.01. The van der Waals surface area contributed by atoms with Gasteiger partial charge in [-0.2, -0.15) is 5.10 Å². The Hall–Kier alpha value is -1.58. The van der Waals surface area contributed by atoms with Gasteiger partial charge in [0.1, 0.15) is 0 Å². The third-order valence-corrected chi connectivity index (χ3v) is 2.48. The van der Waals surface area contributed by atoms with Crippen molar-refractivity contribution in [2.75, 3.05) is 0 Å². The van der Waals surface area contributed by atoms with Crippen LogP contribution in [0.4, 0.5) is 0 Å². The average Bonchev–Trinajstić information content (AvgIpc) is 2.87. The monoisotopic (exact) mass is 204 g/mol. The molecular weight excluding hydrogens is 188 g/mol. The van der Waals surface area contributed by atoms with Gasteiger partial charge in [0.25, 0.3) is 0 Å². The minimum Gasteiger partial charge on any atom is -0.332 e. The van der Waals surface area contributed by atoms with Crippen molar-refractivity contribution in [3.63, 3.8) is 0 Å². The van der Waals surface area contributed by atoms with Gasteiger partial charge in [-0.15, -0.1) is 0 Å². The quantitative estimate of drug-likeness (QED) is 0.760. The lowest BCUT2D eigenvalue weighted by Crippen LogP contribution is -2.06. The molecule has 0 aliphatic rings. The number of nitrogens with zero attached hydrogens (tertiary/aromatic N) is 4. The molecule has 0 spiro atoms. The third kappa shape index (κ3) is 2.09. The largest absolute Gasteiger partial charge is 0.332 e. The normalized spacial score (nSPS) is 10.8. The van der Waals surface area contributed by atoms with Crippen LogP contribution in [0.3, 0.4) is 0 Å². The molecular formula is C11H16N4. The molecule has 0 fully saturated rings. The lowest BCUT2D eigenvalue weighted by molar-refractivity contribution is 0.594. The van der Waals surface area contributed by atoms with E-state index in [9.17, 15) is 0 Å². The van der Waals surface area contributed by atoms with Gasteiger partial charge in [-0.05, 0) is 19.4 Å². The van der Waals surface area contributed by atoms with Crippen LogP contribution in [0.15, 0.2) is 24.8 Å². The van der Waals surface area contributed by atoms with Crippen molar-refractivity contribution in [1.29, 1.82) is 0 Å². The van der Waals surface area contributed by atoms with Gasteiger partial charge in [-0.25, -0.2) is 4.98 Å². The molecule has 0 saturated heterocycles. The highest BCUT2D eigenvalue weighted by Crippen LogP contribution is 2.07. The minimum atomic E-state index is 0.848. The Bertz CT molecular complexity index is 414. The lowest BCUT2D eigenvalue weighted by atomic mass is 10.3. The molecule has 80 valence electrons. The molecule has 0 radical (unpaired) electrons. The minimum absolute atomic E-state index is 0.848. The van der Waals surface area contributed by atoms with E-state index >= 15 is 0 Å². The van der Waals surface area contributed by atoms with Gasteiger partial charge in [-0.3, -0.25) is 4.68 Å². The molecule has 4 nitrogen and oxygen atoms in total. The smallest absolute Gasteiger partial charge is 0.0949 e. The van der Waals surface area contributed by atoms with Crippen LogP contribution in [0, 0.1) is 0 Å². The molecule has 15 heavy (non-hydrogen) atoms. The second-order valence-corrected chi connectivity index (χ2v) is 3.53. The zero-order chi connectivity index (χ0) is 10.7. The second-order valence-electron chi connectivity index (χ2n) is 3.53. The Labute approximate surface area is 89.6 Å². The van der Waals surface area contributed by atoms with E-state index in [4.69, 9.17) is 0 Å². The summed E-state index contributed by atoms with van der Waals surface area (Å²) in [7, 11) is 0. The zero-order valence-corrected chi connectivity index (χ0v) is 9.22. The maximum Gasteiger partial charge on any atom is 0.0949 e. The van der Waals surface area contributed by atoms with Crippen LogP contribution in [0.5, 0.6) is 0 Å². The van der Waals surface area contributed by atoms with Gasteiger partial charge < -0.3 is 4.57 Å². The summed E-state index contributed by atoms with van der Waals surface area (Å²) < 4.78 is 4.11. The van der Waals surface area contributed by atoms with Crippen LogP contribution in [-0.4, -0.2) is 19.3 Å². The molecule has 0 aromatic carbocycles. The van der Waals surface area contributed by atoms with Gasteiger partial charge in [0, 0.05) is 18.9 Å². The molecule has 2 aromatic heterocycles. The van der Waals surface area contributed by atoms with E-state index in [1.165, 1.54) is 5.69 Å². The predicted octanol–water partition coefficient (Wildman–Crippen LogP) is 1.71. The Balaban J connectivity index is 2.23. The molecule has 0 bridgehead atoms. The highest BCUT2D eigenvalue weighted by atomic mass is 15.3. The molecule has 2 heterocycles. The van der Waals surface area contributed by atoms with E-state index < -0.39 is 0 Å². The number of rotatable bonds is 4. The van der Waals surface area contributed by atoms with E-state index in [2.05, 4.69) is 39.2 Å². The van der Waals surface area contributed by atoms with Crippen molar-refractivity contribution in [3.8, 4) is 0 Å². The fraction of sp³-hybridized carbons (Fsp3) is 0.455. The molecule has 0 saturated carbocycles. The van der Waals surface area contributed by atoms with E-state index in [0.29, 0.717) is 0 Å². The first-order chi connectivity index (χ1) is 7.33. The summed E-state index contributed by atoms with van der Waals surface area (Å²) >= 11 is 0. The maximum atomic E-state index is 4.51. The topological polar surface area (TPSA) is 35.6 Å². The fourth-order valence-corrected chi connectivity index (χ4v) is 1.66. The van der Waals surface area contributed by atoms with Crippen molar-refractivity contribution in [1.82, 2.24) is 19.3 Å². The Morgan fingerprint density at radius 2 is 2.20 bits per heavy atom. The maximum absolute atomic E-state index is 4.51. The summed E-state index contributed by atoms with van der Waals surface area (Å²) in [6.07, 6.45) is 6.59. The Morgan fingerprint density at radius 3 is 2.80 bits per heavy atom. The predicted molar refractivity (Wildman–Crippen MR) is 58.6 cm³/mol. The Kier molecular flexibility index (Phi) is 2.85. The van der Waals surface area contributed by atoms with Crippen molar-refractivity contribution >= 4 is 0 Å². The van der Waals surface area contributed by atoms with Gasteiger partial charge >= 0.3 is 0 Å². The zero-order valence-electron chi connectivity index (χ0n) is 9.22. The van der Waals surface area contributed by atoms with E-state index in [1.54, 1.807) is 6.20 Å². The van der Waals surface area contributed by atoms with Crippen LogP contribution in [0.25, 0.3) is 0 Å². The first-order valence-corrected chi connectivity index (χ1v) is 5.34. The summed E-state index contributed by atoms with van der Waals surface area (Å²) in [5.41, 5.74) is 2.40. The number of hydrogen-bond acceptors (Lipinski definition) is 2. The summed E-state index contributed by atoms with van der Waals surface area (Å²) in [5, 5.41) is 4.51. The van der Waals surface area contributed by atoms with Crippen LogP contribution in [0.2, 0.25) is 0 Å². The molecule has 2 aromatic rings. The van der Waals surface area contributed by atoms with Gasteiger partial charge in [-0.1, -0.05) is 6.92 Å². The molecule has 0 amide bonds. The van der Waals surface area contributed by atoms with E-state index in [0.717, 1.165) is 25.2 Å². The number of imidazole rings is 1. The highest BCUT2D eigenvalue weighted by Gasteiger charge is 2.05. The SMILES string of the molecule is CCc1cc(Cn2ccnc2)n(CC)n1. The number of aryl methyl sites for hydroxylation is 2. The Morgan fingerprint density at radius 1 is 1.33 bits per heavy atom. The van der Waals surface area contributed by atoms with Crippen LogP contribution >= 0.6 is 0 Å². The van der Waals surface area contributed by atoms with Crippen LogP contribution < -0.4 is 0 Å². The molecule has 4 heteroatoms.